The number of amides is 1. The number of piperidine rings is 1. The maximum atomic E-state index is 12.4. The van der Waals surface area contributed by atoms with Gasteiger partial charge in [0.15, 0.2) is 6.29 Å². The summed E-state index contributed by atoms with van der Waals surface area (Å²) in [7, 11) is 1.88. The van der Waals surface area contributed by atoms with Crippen LogP contribution in [0.4, 0.5) is 0 Å². The minimum Gasteiger partial charge on any atom is -0.350 e. The minimum absolute atomic E-state index is 0.0681. The Bertz CT molecular complexity index is 474. The first kappa shape index (κ1) is 15.9. The van der Waals surface area contributed by atoms with E-state index in [-0.39, 0.29) is 12.2 Å². The zero-order chi connectivity index (χ0) is 15.4. The number of likely N-dealkylation sites (N-methyl/N-ethyl adjacent to an activating group) is 1. The van der Waals surface area contributed by atoms with Crippen molar-refractivity contribution in [3.63, 3.8) is 0 Å². The predicted molar refractivity (Wildman–Crippen MR) is 85.6 cm³/mol. The number of nitrogens with zero attached hydrogens (tertiary/aromatic N) is 2. The third kappa shape index (κ3) is 4.07. The molecule has 1 amide bonds. The highest BCUT2D eigenvalue weighted by atomic mass is 32.1. The van der Waals surface area contributed by atoms with Crippen molar-refractivity contribution >= 4 is 17.2 Å². The van der Waals surface area contributed by atoms with Crippen LogP contribution in [0, 0.1) is 5.92 Å². The number of likely N-dealkylation sites (tertiary alicyclic amines) is 1. The van der Waals surface area contributed by atoms with E-state index in [0.29, 0.717) is 32.2 Å². The van der Waals surface area contributed by atoms with Crippen LogP contribution in [-0.2, 0) is 20.8 Å². The molecule has 0 aromatic carbocycles. The number of ether oxygens (including phenoxy) is 2. The normalized spacial score (nSPS) is 23.8. The molecular weight excluding hydrogens is 300 g/mol. The molecule has 1 aromatic heterocycles. The number of hydrogen-bond donors (Lipinski definition) is 0. The summed E-state index contributed by atoms with van der Waals surface area (Å²) in [5, 5.41) is 4.14. The minimum atomic E-state index is -0.0681. The molecule has 0 aliphatic carbocycles. The summed E-state index contributed by atoms with van der Waals surface area (Å²) >= 11 is 1.67. The molecule has 22 heavy (non-hydrogen) atoms. The van der Waals surface area contributed by atoms with Gasteiger partial charge in [0, 0.05) is 26.1 Å². The quantitative estimate of drug-likeness (QED) is 0.828. The van der Waals surface area contributed by atoms with Crippen molar-refractivity contribution in [2.24, 2.45) is 5.92 Å². The second kappa shape index (κ2) is 7.55. The maximum Gasteiger partial charge on any atom is 0.236 e. The summed E-state index contributed by atoms with van der Waals surface area (Å²) in [6, 6.07) is 2.07. The molecule has 3 rings (SSSR count). The standard InChI is InChI=1S/C16H24N2O3S/c1-17(9-13-4-8-22-12-13)15(19)11-18-5-2-3-14(10-18)16-20-6-7-21-16/h4,8,12,14,16H,2-3,5-7,9-11H2,1H3. The fourth-order valence-corrected chi connectivity index (χ4v) is 3.82. The molecule has 2 aliphatic rings. The lowest BCUT2D eigenvalue weighted by atomic mass is 9.97. The Hall–Kier alpha value is -0.950. The monoisotopic (exact) mass is 324 g/mol. The van der Waals surface area contributed by atoms with Crippen LogP contribution < -0.4 is 0 Å². The van der Waals surface area contributed by atoms with E-state index in [9.17, 15) is 4.79 Å². The number of carbonyl (C=O) groups excluding carboxylic acids is 1. The van der Waals surface area contributed by atoms with Gasteiger partial charge in [0.05, 0.1) is 19.8 Å². The van der Waals surface area contributed by atoms with Crippen LogP contribution in [0.25, 0.3) is 0 Å². The zero-order valence-corrected chi connectivity index (χ0v) is 13.9. The highest BCUT2D eigenvalue weighted by Gasteiger charge is 2.31. The van der Waals surface area contributed by atoms with Crippen molar-refractivity contribution in [1.29, 1.82) is 0 Å². The Labute approximate surface area is 135 Å². The van der Waals surface area contributed by atoms with Gasteiger partial charge in [0.25, 0.3) is 0 Å². The lowest BCUT2D eigenvalue weighted by Gasteiger charge is -2.35. The second-order valence-corrected chi connectivity index (χ2v) is 6.91. The topological polar surface area (TPSA) is 42.0 Å². The van der Waals surface area contributed by atoms with Gasteiger partial charge in [-0.1, -0.05) is 0 Å². The number of carbonyl (C=O) groups is 1. The van der Waals surface area contributed by atoms with Crippen LogP contribution in [0.5, 0.6) is 0 Å². The summed E-state index contributed by atoms with van der Waals surface area (Å²) in [6.07, 6.45) is 2.16. The van der Waals surface area contributed by atoms with Crippen molar-refractivity contribution in [1.82, 2.24) is 9.80 Å². The molecule has 1 aromatic rings. The smallest absolute Gasteiger partial charge is 0.236 e. The molecule has 2 saturated heterocycles. The molecule has 0 N–H and O–H groups in total. The van der Waals surface area contributed by atoms with Gasteiger partial charge in [-0.05, 0) is 41.8 Å². The molecule has 2 aliphatic heterocycles. The average Bonchev–Trinajstić information content (AvgIpc) is 3.21. The van der Waals surface area contributed by atoms with E-state index in [4.69, 9.17) is 9.47 Å². The Morgan fingerprint density at radius 2 is 2.27 bits per heavy atom. The summed E-state index contributed by atoms with van der Waals surface area (Å²) in [5.41, 5.74) is 1.20. The highest BCUT2D eigenvalue weighted by molar-refractivity contribution is 7.07. The Balaban J connectivity index is 1.47. The average molecular weight is 324 g/mol. The van der Waals surface area contributed by atoms with E-state index in [1.165, 1.54) is 5.56 Å². The molecule has 122 valence electrons. The van der Waals surface area contributed by atoms with E-state index in [0.717, 1.165) is 25.9 Å². The van der Waals surface area contributed by atoms with Gasteiger partial charge in [-0.15, -0.1) is 0 Å². The van der Waals surface area contributed by atoms with Gasteiger partial charge in [0.2, 0.25) is 5.91 Å². The van der Waals surface area contributed by atoms with Gasteiger partial charge < -0.3 is 14.4 Å². The molecule has 1 unspecified atom stereocenters. The fourth-order valence-electron chi connectivity index (χ4n) is 3.16. The van der Waals surface area contributed by atoms with Crippen molar-refractivity contribution in [2.75, 3.05) is 39.9 Å². The molecule has 2 fully saturated rings. The van der Waals surface area contributed by atoms with E-state index >= 15 is 0 Å². The number of rotatable bonds is 5. The molecular formula is C16H24N2O3S. The third-order valence-corrected chi connectivity index (χ3v) is 5.09. The molecule has 1 atom stereocenters. The summed E-state index contributed by atoms with van der Waals surface area (Å²) < 4.78 is 11.2. The van der Waals surface area contributed by atoms with Gasteiger partial charge in [-0.25, -0.2) is 0 Å². The lowest BCUT2D eigenvalue weighted by Crippen LogP contribution is -2.45. The maximum absolute atomic E-state index is 12.4. The first-order valence-electron chi connectivity index (χ1n) is 7.93. The molecule has 0 saturated carbocycles. The predicted octanol–water partition coefficient (Wildman–Crippen LogP) is 1.79. The van der Waals surface area contributed by atoms with E-state index in [2.05, 4.69) is 16.3 Å². The first-order chi connectivity index (χ1) is 10.7. The largest absolute Gasteiger partial charge is 0.350 e. The van der Waals surface area contributed by atoms with Crippen LogP contribution >= 0.6 is 11.3 Å². The number of hydrogen-bond acceptors (Lipinski definition) is 5. The summed E-state index contributed by atoms with van der Waals surface area (Å²) in [4.78, 5) is 16.4. The van der Waals surface area contributed by atoms with Crippen LogP contribution in [0.3, 0.4) is 0 Å². The molecule has 0 bridgehead atoms. The van der Waals surface area contributed by atoms with Crippen LogP contribution in [0.15, 0.2) is 16.8 Å². The fraction of sp³-hybridized carbons (Fsp3) is 0.688. The Morgan fingerprint density at radius 3 is 3.00 bits per heavy atom. The molecule has 3 heterocycles. The lowest BCUT2D eigenvalue weighted by molar-refractivity contribution is -0.134. The number of thiophene rings is 1. The third-order valence-electron chi connectivity index (χ3n) is 4.36. The molecule has 0 spiro atoms. The highest BCUT2D eigenvalue weighted by Crippen LogP contribution is 2.24. The van der Waals surface area contributed by atoms with Crippen molar-refractivity contribution in [3.05, 3.63) is 22.4 Å². The van der Waals surface area contributed by atoms with Gasteiger partial charge >= 0.3 is 0 Å². The summed E-state index contributed by atoms with van der Waals surface area (Å²) in [5.74, 6) is 0.575. The Kier molecular flexibility index (Phi) is 5.46. The SMILES string of the molecule is CN(Cc1ccsc1)C(=O)CN1CCCC(C2OCCO2)C1. The summed E-state index contributed by atoms with van der Waals surface area (Å²) in [6.45, 7) is 4.45. The second-order valence-electron chi connectivity index (χ2n) is 6.13. The zero-order valence-electron chi connectivity index (χ0n) is 13.1. The Morgan fingerprint density at radius 1 is 1.45 bits per heavy atom. The van der Waals surface area contributed by atoms with Crippen LogP contribution in [0.1, 0.15) is 18.4 Å². The van der Waals surface area contributed by atoms with Gasteiger partial charge in [-0.2, -0.15) is 11.3 Å². The molecule has 0 radical (unpaired) electrons. The van der Waals surface area contributed by atoms with E-state index < -0.39 is 0 Å². The molecule has 6 heteroatoms. The van der Waals surface area contributed by atoms with Crippen molar-refractivity contribution in [2.45, 2.75) is 25.7 Å². The van der Waals surface area contributed by atoms with Crippen LogP contribution in [-0.4, -0.2) is 61.9 Å². The molecule has 5 nitrogen and oxygen atoms in total. The van der Waals surface area contributed by atoms with Gasteiger partial charge in [0.1, 0.15) is 0 Å². The van der Waals surface area contributed by atoms with E-state index in [1.54, 1.807) is 11.3 Å². The van der Waals surface area contributed by atoms with Crippen molar-refractivity contribution < 1.29 is 14.3 Å². The van der Waals surface area contributed by atoms with Crippen molar-refractivity contribution in [3.8, 4) is 0 Å². The first-order valence-corrected chi connectivity index (χ1v) is 8.87. The van der Waals surface area contributed by atoms with Gasteiger partial charge in [-0.3, -0.25) is 9.69 Å². The van der Waals surface area contributed by atoms with Crippen LogP contribution in [0.2, 0.25) is 0 Å². The van der Waals surface area contributed by atoms with E-state index in [1.807, 2.05) is 17.3 Å².